The van der Waals surface area contributed by atoms with Gasteiger partial charge in [0.15, 0.2) is 0 Å². The number of phenolic OH excluding ortho intramolecular Hbond substituents is 1. The van der Waals surface area contributed by atoms with E-state index in [9.17, 15) is 19.5 Å². The van der Waals surface area contributed by atoms with Crippen molar-refractivity contribution in [1.82, 2.24) is 15.2 Å². The van der Waals surface area contributed by atoms with Gasteiger partial charge < -0.3 is 5.11 Å². The number of amides is 4. The van der Waals surface area contributed by atoms with Crippen molar-refractivity contribution in [2.45, 2.75) is 64.3 Å². The molecule has 2 fully saturated rings. The molecule has 4 amide bonds. The van der Waals surface area contributed by atoms with Gasteiger partial charge in [0.25, 0.3) is 0 Å². The maximum atomic E-state index is 12.4. The molecule has 0 radical (unpaired) electrons. The van der Waals surface area contributed by atoms with Crippen LogP contribution in [0, 0.1) is 5.92 Å². The zero-order valence-corrected chi connectivity index (χ0v) is 17.3. The summed E-state index contributed by atoms with van der Waals surface area (Å²) < 4.78 is 0. The number of rotatable bonds is 4. The Morgan fingerprint density at radius 1 is 1.10 bits per heavy atom. The minimum atomic E-state index is -0.667. The zero-order chi connectivity index (χ0) is 21.5. The van der Waals surface area contributed by atoms with Crippen molar-refractivity contribution in [3.05, 3.63) is 36.5 Å². The van der Waals surface area contributed by atoms with Crippen LogP contribution < -0.4 is 5.32 Å². The third kappa shape index (κ3) is 6.09. The van der Waals surface area contributed by atoms with Crippen molar-refractivity contribution in [3.63, 3.8) is 0 Å². The van der Waals surface area contributed by atoms with Crippen molar-refractivity contribution in [3.8, 4) is 5.75 Å². The van der Waals surface area contributed by atoms with Gasteiger partial charge in [-0.25, -0.2) is 4.79 Å². The molecule has 8 heteroatoms. The molecule has 162 valence electrons. The molecule has 1 atom stereocenters. The minimum absolute atomic E-state index is 0. The molecule has 1 aromatic heterocycles. The van der Waals surface area contributed by atoms with E-state index < -0.39 is 17.9 Å². The molecule has 1 saturated carbocycles. The molecule has 1 aliphatic heterocycles. The van der Waals surface area contributed by atoms with Gasteiger partial charge in [-0.15, -0.1) is 0 Å². The van der Waals surface area contributed by atoms with Gasteiger partial charge in [-0.05, 0) is 31.4 Å². The Hall–Kier alpha value is -2.36. The second-order valence-corrected chi connectivity index (χ2v) is 7.84. The monoisotopic (exact) mass is 419 g/mol. The first-order chi connectivity index (χ1) is 14.5. The number of unbranched alkanes of at least 4 members (excludes halogenated alkanes) is 1. The van der Waals surface area contributed by atoms with E-state index in [-0.39, 0.29) is 36.6 Å². The predicted octanol–water partition coefficient (Wildman–Crippen LogP) is 3.50. The van der Waals surface area contributed by atoms with Crippen molar-refractivity contribution in [2.75, 3.05) is 0 Å². The van der Waals surface area contributed by atoms with Crippen LogP contribution in [0.1, 0.15) is 58.3 Å². The first-order valence-electron chi connectivity index (χ1n) is 10.7. The first-order valence-corrected chi connectivity index (χ1v) is 10.7. The van der Waals surface area contributed by atoms with Gasteiger partial charge in [0.05, 0.1) is 0 Å². The number of aromatic nitrogens is 1. The SMILES string of the molecule is CCCCC1C(=O)NC(=O)N(C2CCCCC2)C1=O.Oc1cccc2cccnc12.[LiH]. The average molecular weight is 419 g/mol. The van der Waals surface area contributed by atoms with E-state index in [1.54, 1.807) is 18.3 Å². The van der Waals surface area contributed by atoms with E-state index in [4.69, 9.17) is 0 Å². The van der Waals surface area contributed by atoms with Gasteiger partial charge in [0, 0.05) is 17.6 Å². The number of carbonyl (C=O) groups is 3. The fourth-order valence-corrected chi connectivity index (χ4v) is 4.07. The number of imide groups is 2. The Morgan fingerprint density at radius 3 is 2.48 bits per heavy atom. The molecule has 2 N–H and O–H groups in total. The quantitative estimate of drug-likeness (QED) is 0.584. The van der Waals surface area contributed by atoms with Gasteiger partial charge in [0.1, 0.15) is 17.2 Å². The van der Waals surface area contributed by atoms with Gasteiger partial charge in [-0.2, -0.15) is 0 Å². The third-order valence-corrected chi connectivity index (χ3v) is 5.70. The van der Waals surface area contributed by atoms with Crippen LogP contribution in [0.5, 0.6) is 5.75 Å². The Morgan fingerprint density at radius 2 is 1.81 bits per heavy atom. The van der Waals surface area contributed by atoms with Crippen LogP contribution in [0.15, 0.2) is 36.5 Å². The Kier molecular flexibility index (Phi) is 9.54. The van der Waals surface area contributed by atoms with E-state index in [0.717, 1.165) is 43.9 Å². The molecule has 4 rings (SSSR count). The standard InChI is InChI=1S/C14H22N2O3.C9H7NO.Li.H/c1-2-3-9-11-12(17)15-14(19)16(13(11)18)10-7-5-4-6-8-10;11-8-5-1-3-7-4-2-6-10-9(7)8;;/h10-11H,2-9H2,1H3,(H,15,17,19);1-6,11H;;. The number of para-hydroxylation sites is 1. The van der Waals surface area contributed by atoms with E-state index >= 15 is 0 Å². The molecule has 0 spiro atoms. The average Bonchev–Trinajstić information content (AvgIpc) is 2.75. The summed E-state index contributed by atoms with van der Waals surface area (Å²) in [6.45, 7) is 2.02. The van der Waals surface area contributed by atoms with Crippen molar-refractivity contribution in [1.29, 1.82) is 0 Å². The summed E-state index contributed by atoms with van der Waals surface area (Å²) in [4.78, 5) is 41.4. The summed E-state index contributed by atoms with van der Waals surface area (Å²) in [5, 5.41) is 12.6. The maximum absolute atomic E-state index is 12.4. The Bertz CT molecular complexity index is 909. The van der Waals surface area contributed by atoms with Crippen LogP contribution in [-0.2, 0) is 9.59 Å². The Labute approximate surface area is 194 Å². The van der Waals surface area contributed by atoms with Gasteiger partial charge in [-0.3, -0.25) is 24.8 Å². The molecule has 2 heterocycles. The number of pyridine rings is 1. The molecule has 1 aromatic carbocycles. The number of nitrogens with one attached hydrogen (secondary N) is 1. The number of aromatic hydroxyl groups is 1. The van der Waals surface area contributed by atoms with Gasteiger partial charge >= 0.3 is 24.9 Å². The number of urea groups is 1. The van der Waals surface area contributed by atoms with Crippen LogP contribution in [0.2, 0.25) is 0 Å². The van der Waals surface area contributed by atoms with E-state index in [1.165, 1.54) is 11.3 Å². The van der Waals surface area contributed by atoms with E-state index in [1.807, 2.05) is 25.1 Å². The fraction of sp³-hybridized carbons (Fsp3) is 0.478. The van der Waals surface area contributed by atoms with Crippen LogP contribution in [-0.4, -0.2) is 57.7 Å². The van der Waals surface area contributed by atoms with E-state index in [2.05, 4.69) is 10.3 Å². The molecule has 7 nitrogen and oxygen atoms in total. The molecule has 2 aromatic rings. The molecule has 1 aliphatic carbocycles. The Balaban J connectivity index is 0.000000242. The summed E-state index contributed by atoms with van der Waals surface area (Å²) in [7, 11) is 0. The second kappa shape index (κ2) is 11.9. The summed E-state index contributed by atoms with van der Waals surface area (Å²) >= 11 is 0. The zero-order valence-electron chi connectivity index (χ0n) is 17.3. The third-order valence-electron chi connectivity index (χ3n) is 5.70. The number of fused-ring (bicyclic) bond motifs is 1. The molecule has 1 unspecified atom stereocenters. The summed E-state index contributed by atoms with van der Waals surface area (Å²) in [6, 6.07) is 8.59. The number of phenols is 1. The number of barbiturate groups is 1. The molecular weight excluding hydrogens is 389 g/mol. The van der Waals surface area contributed by atoms with Crippen molar-refractivity contribution < 1.29 is 19.5 Å². The van der Waals surface area contributed by atoms with Crippen molar-refractivity contribution in [2.24, 2.45) is 5.92 Å². The van der Waals surface area contributed by atoms with Crippen LogP contribution >= 0.6 is 0 Å². The first kappa shape index (κ1) is 24.9. The summed E-state index contributed by atoms with van der Waals surface area (Å²) in [5.41, 5.74) is 0.662. The fourth-order valence-electron chi connectivity index (χ4n) is 4.07. The summed E-state index contributed by atoms with van der Waals surface area (Å²) in [6.07, 6.45) is 8.98. The van der Waals surface area contributed by atoms with Crippen LogP contribution in [0.3, 0.4) is 0 Å². The number of nitrogens with zero attached hydrogens (tertiary/aromatic N) is 2. The normalized spacial score (nSPS) is 19.3. The van der Waals surface area contributed by atoms with Crippen LogP contribution in [0.4, 0.5) is 4.79 Å². The molecule has 1 saturated heterocycles. The summed E-state index contributed by atoms with van der Waals surface area (Å²) in [5.74, 6) is -1.13. The number of benzene rings is 1. The molecule has 2 aliphatic rings. The van der Waals surface area contributed by atoms with Gasteiger partial charge in [0.2, 0.25) is 11.8 Å². The predicted molar refractivity (Wildman–Crippen MR) is 121 cm³/mol. The van der Waals surface area contributed by atoms with E-state index in [0.29, 0.717) is 11.9 Å². The number of hydrogen-bond donors (Lipinski definition) is 2. The molecule has 31 heavy (non-hydrogen) atoms. The second-order valence-electron chi connectivity index (χ2n) is 7.84. The molecular formula is C23H30LiN3O4. The number of carbonyl (C=O) groups excluding carboxylic acids is 3. The number of hydrogen-bond acceptors (Lipinski definition) is 5. The van der Waals surface area contributed by atoms with Crippen molar-refractivity contribution >= 4 is 47.6 Å². The van der Waals surface area contributed by atoms with Crippen LogP contribution in [0.25, 0.3) is 10.9 Å². The molecule has 0 bridgehead atoms. The topological polar surface area (TPSA) is 99.6 Å². The van der Waals surface area contributed by atoms with Gasteiger partial charge in [-0.1, -0.05) is 57.2 Å².